The molecular weight excluding hydrogens is 304 g/mol. The summed E-state index contributed by atoms with van der Waals surface area (Å²) in [5.41, 5.74) is 0.755. The molecule has 3 aromatic rings. The molecule has 3 aromatic carbocycles. The topological polar surface area (TPSA) is 63.6 Å². The third-order valence-corrected chi connectivity index (χ3v) is 3.47. The number of aromatic hydroxyl groups is 1. The molecule has 3 rings (SSSR count). The van der Waals surface area contributed by atoms with Crippen molar-refractivity contribution in [3.8, 4) is 11.5 Å². The average molecular weight is 318 g/mol. The molecule has 118 valence electrons. The third-order valence-electron chi connectivity index (χ3n) is 3.47. The number of phenols is 1. The number of rotatable bonds is 4. The molecule has 0 atom stereocenters. The van der Waals surface area contributed by atoms with Gasteiger partial charge in [-0.3, -0.25) is 4.79 Å². The van der Waals surface area contributed by atoms with Crippen LogP contribution in [0.3, 0.4) is 0 Å². The number of para-hydroxylation sites is 1. The van der Waals surface area contributed by atoms with Gasteiger partial charge in [-0.25, -0.2) is 4.79 Å². The number of carbonyl (C=O) groups excluding carboxylic acids is 2. The number of esters is 1. The minimum atomic E-state index is -0.721. The molecule has 0 spiro atoms. The highest BCUT2D eigenvalue weighted by Crippen LogP contribution is 2.22. The summed E-state index contributed by atoms with van der Waals surface area (Å²) < 4.78 is 5.21. The van der Waals surface area contributed by atoms with Crippen LogP contribution < -0.4 is 4.74 Å². The zero-order chi connectivity index (χ0) is 16.9. The number of ether oxygens (including phenoxy) is 1. The number of phenolic OH excluding ortho intramolecular Hbond substituents is 1. The SMILES string of the molecule is O=C(c1ccccc1)c1ccc(O)c(C(=O)Oc2ccccc2)c1. The fourth-order valence-electron chi connectivity index (χ4n) is 2.25. The summed E-state index contributed by atoms with van der Waals surface area (Å²) in [6.07, 6.45) is 0. The highest BCUT2D eigenvalue weighted by molar-refractivity contribution is 6.10. The van der Waals surface area contributed by atoms with Crippen molar-refractivity contribution in [2.24, 2.45) is 0 Å². The molecule has 4 heteroatoms. The van der Waals surface area contributed by atoms with Gasteiger partial charge < -0.3 is 9.84 Å². The van der Waals surface area contributed by atoms with Crippen LogP contribution in [0.25, 0.3) is 0 Å². The Hall–Kier alpha value is -3.40. The second-order valence-corrected chi connectivity index (χ2v) is 5.13. The molecular formula is C20H14O4. The predicted octanol–water partition coefficient (Wildman–Crippen LogP) is 3.84. The lowest BCUT2D eigenvalue weighted by atomic mass is 10.0. The average Bonchev–Trinajstić information content (AvgIpc) is 2.63. The van der Waals surface area contributed by atoms with Crippen LogP contribution in [0, 0.1) is 0 Å². The maximum atomic E-state index is 12.5. The molecule has 0 aliphatic rings. The summed E-state index contributed by atoms with van der Waals surface area (Å²) in [6, 6.07) is 21.4. The number of hydrogen-bond donors (Lipinski definition) is 1. The van der Waals surface area contributed by atoms with Gasteiger partial charge in [-0.2, -0.15) is 0 Å². The Morgan fingerprint density at radius 3 is 2.04 bits per heavy atom. The molecule has 0 saturated carbocycles. The van der Waals surface area contributed by atoms with Crippen molar-refractivity contribution in [2.45, 2.75) is 0 Å². The molecule has 0 aliphatic carbocycles. The van der Waals surface area contributed by atoms with E-state index < -0.39 is 5.97 Å². The molecule has 4 nitrogen and oxygen atoms in total. The molecule has 0 saturated heterocycles. The van der Waals surface area contributed by atoms with E-state index >= 15 is 0 Å². The van der Waals surface area contributed by atoms with Crippen molar-refractivity contribution in [3.63, 3.8) is 0 Å². The van der Waals surface area contributed by atoms with Crippen LogP contribution in [-0.2, 0) is 0 Å². The van der Waals surface area contributed by atoms with Gasteiger partial charge in [-0.15, -0.1) is 0 Å². The summed E-state index contributed by atoms with van der Waals surface area (Å²) in [5, 5.41) is 9.92. The van der Waals surface area contributed by atoms with Crippen molar-refractivity contribution in [3.05, 3.63) is 95.6 Å². The van der Waals surface area contributed by atoms with E-state index in [9.17, 15) is 14.7 Å². The normalized spacial score (nSPS) is 10.2. The lowest BCUT2D eigenvalue weighted by molar-refractivity contribution is 0.0731. The molecule has 24 heavy (non-hydrogen) atoms. The predicted molar refractivity (Wildman–Crippen MR) is 89.4 cm³/mol. The molecule has 0 bridgehead atoms. The van der Waals surface area contributed by atoms with Gasteiger partial charge in [0.1, 0.15) is 17.1 Å². The van der Waals surface area contributed by atoms with E-state index in [0.29, 0.717) is 16.9 Å². The Bertz CT molecular complexity index is 871. The maximum Gasteiger partial charge on any atom is 0.347 e. The molecule has 1 N–H and O–H groups in total. The number of ketones is 1. The molecule has 0 aromatic heterocycles. The van der Waals surface area contributed by atoms with Gasteiger partial charge in [0.25, 0.3) is 0 Å². The van der Waals surface area contributed by atoms with Crippen molar-refractivity contribution in [2.75, 3.05) is 0 Å². The van der Waals surface area contributed by atoms with Gasteiger partial charge in [0.15, 0.2) is 5.78 Å². The molecule has 0 radical (unpaired) electrons. The quantitative estimate of drug-likeness (QED) is 0.451. The molecule has 0 amide bonds. The van der Waals surface area contributed by atoms with Gasteiger partial charge in [-0.05, 0) is 30.3 Å². The largest absolute Gasteiger partial charge is 0.507 e. The monoisotopic (exact) mass is 318 g/mol. The van der Waals surface area contributed by atoms with Crippen molar-refractivity contribution in [1.29, 1.82) is 0 Å². The minimum Gasteiger partial charge on any atom is -0.507 e. The van der Waals surface area contributed by atoms with E-state index in [-0.39, 0.29) is 17.1 Å². The maximum absolute atomic E-state index is 12.5. The second kappa shape index (κ2) is 6.79. The highest BCUT2D eigenvalue weighted by atomic mass is 16.5. The van der Waals surface area contributed by atoms with Crippen molar-refractivity contribution in [1.82, 2.24) is 0 Å². The summed E-state index contributed by atoms with van der Waals surface area (Å²) >= 11 is 0. The van der Waals surface area contributed by atoms with Crippen LogP contribution in [0.4, 0.5) is 0 Å². The Kier molecular flexibility index (Phi) is 4.38. The van der Waals surface area contributed by atoms with Crippen LogP contribution in [0.5, 0.6) is 11.5 Å². The van der Waals surface area contributed by atoms with E-state index in [1.165, 1.54) is 18.2 Å². The highest BCUT2D eigenvalue weighted by Gasteiger charge is 2.17. The Morgan fingerprint density at radius 2 is 1.38 bits per heavy atom. The standard InChI is InChI=1S/C20H14O4/c21-18-12-11-15(19(22)14-7-3-1-4-8-14)13-17(18)20(23)24-16-9-5-2-6-10-16/h1-13,21H. The van der Waals surface area contributed by atoms with Gasteiger partial charge in [0.05, 0.1) is 0 Å². The summed E-state index contributed by atoms with van der Waals surface area (Å²) in [6.45, 7) is 0. The molecule has 0 aliphatic heterocycles. The van der Waals surface area contributed by atoms with Crippen LogP contribution in [-0.4, -0.2) is 16.9 Å². The first kappa shape index (κ1) is 15.5. The number of carbonyl (C=O) groups is 2. The van der Waals surface area contributed by atoms with Crippen molar-refractivity contribution >= 4 is 11.8 Å². The number of benzene rings is 3. The zero-order valence-corrected chi connectivity index (χ0v) is 12.7. The van der Waals surface area contributed by atoms with Gasteiger partial charge in [0, 0.05) is 11.1 Å². The molecule has 0 fully saturated rings. The third kappa shape index (κ3) is 3.33. The summed E-state index contributed by atoms with van der Waals surface area (Å²) in [7, 11) is 0. The van der Waals surface area contributed by atoms with E-state index in [0.717, 1.165) is 0 Å². The Labute approximate surface area is 139 Å². The lowest BCUT2D eigenvalue weighted by Gasteiger charge is -2.08. The smallest absolute Gasteiger partial charge is 0.347 e. The molecule has 0 heterocycles. The fraction of sp³-hybridized carbons (Fsp3) is 0. The lowest BCUT2D eigenvalue weighted by Crippen LogP contribution is -2.10. The van der Waals surface area contributed by atoms with Crippen LogP contribution >= 0.6 is 0 Å². The van der Waals surface area contributed by atoms with Gasteiger partial charge in [-0.1, -0.05) is 48.5 Å². The fourth-order valence-corrected chi connectivity index (χ4v) is 2.25. The first-order chi connectivity index (χ1) is 11.6. The summed E-state index contributed by atoms with van der Waals surface area (Å²) in [4.78, 5) is 24.7. The molecule has 0 unspecified atom stereocenters. The van der Waals surface area contributed by atoms with E-state index in [2.05, 4.69) is 0 Å². The van der Waals surface area contributed by atoms with Crippen LogP contribution in [0.15, 0.2) is 78.9 Å². The first-order valence-electron chi connectivity index (χ1n) is 7.35. The van der Waals surface area contributed by atoms with E-state index in [1.54, 1.807) is 54.6 Å². The first-order valence-corrected chi connectivity index (χ1v) is 7.35. The van der Waals surface area contributed by atoms with E-state index in [4.69, 9.17) is 4.74 Å². The van der Waals surface area contributed by atoms with Gasteiger partial charge >= 0.3 is 5.97 Å². The van der Waals surface area contributed by atoms with E-state index in [1.807, 2.05) is 6.07 Å². The Balaban J connectivity index is 1.89. The van der Waals surface area contributed by atoms with Gasteiger partial charge in [0.2, 0.25) is 0 Å². The number of hydrogen-bond acceptors (Lipinski definition) is 4. The van der Waals surface area contributed by atoms with Crippen LogP contribution in [0.2, 0.25) is 0 Å². The Morgan fingerprint density at radius 1 is 0.750 bits per heavy atom. The second-order valence-electron chi connectivity index (χ2n) is 5.13. The van der Waals surface area contributed by atoms with Crippen molar-refractivity contribution < 1.29 is 19.4 Å². The zero-order valence-electron chi connectivity index (χ0n) is 12.7. The van der Waals surface area contributed by atoms with Crippen LogP contribution in [0.1, 0.15) is 26.3 Å². The minimum absolute atomic E-state index is 0.0550. The summed E-state index contributed by atoms with van der Waals surface area (Å²) in [5.74, 6) is -0.826.